The lowest BCUT2D eigenvalue weighted by molar-refractivity contribution is -0.178. The van der Waals surface area contributed by atoms with Crippen molar-refractivity contribution in [3.63, 3.8) is 0 Å². The number of carbonyl (C=O) groups is 3. The molecule has 3 unspecified atom stereocenters. The van der Waals surface area contributed by atoms with Crippen LogP contribution >= 0.6 is 0 Å². The zero-order chi connectivity index (χ0) is 60.1. The third-order valence-corrected chi connectivity index (χ3v) is 14.8. The van der Waals surface area contributed by atoms with Crippen molar-refractivity contribution in [3.8, 4) is 0 Å². The van der Waals surface area contributed by atoms with Crippen molar-refractivity contribution < 1.29 is 57.5 Å². The molecule has 0 bridgehead atoms. The Morgan fingerprint density at radius 2 is 1.10 bits per heavy atom. The first-order valence-electron chi connectivity index (χ1n) is 27.8. The molecule has 7 rings (SSSR count). The summed E-state index contributed by atoms with van der Waals surface area (Å²) in [6, 6.07) is 4.26. The second-order valence-electron chi connectivity index (χ2n) is 23.2. The predicted octanol–water partition coefficient (Wildman–Crippen LogP) is 6.71. The topological polar surface area (TPSA) is 317 Å². The number of hydrogen-bond acceptors (Lipinski definition) is 20. The van der Waals surface area contributed by atoms with Crippen LogP contribution in [0.2, 0.25) is 0 Å². The number of nitrogens with one attached hydrogen (secondary N) is 2. The van der Waals surface area contributed by atoms with E-state index in [1.165, 1.54) is 12.0 Å². The number of amides is 3. The van der Waals surface area contributed by atoms with Crippen molar-refractivity contribution in [2.24, 2.45) is 33.7 Å². The molecule has 0 aliphatic carbocycles. The monoisotopic (exact) mass is 1160 g/mol. The molecule has 0 saturated carbocycles. The van der Waals surface area contributed by atoms with E-state index in [4.69, 9.17) is 44.0 Å². The Labute approximate surface area is 487 Å². The van der Waals surface area contributed by atoms with Crippen LogP contribution in [0, 0.1) is 43.9 Å². The zero-order valence-electron chi connectivity index (χ0n) is 50.6. The summed E-state index contributed by atoms with van der Waals surface area (Å²) in [6.07, 6.45) is 0.261. The van der Waals surface area contributed by atoms with Crippen LogP contribution in [-0.4, -0.2) is 187 Å². The minimum absolute atomic E-state index is 0. The SMILES string of the molecule is C.C.CCN/N=C(\N)[C@@H]1C[C@@H](O)CN1C(=O)C(c1cc(C)no1)C(C)C.CCN1N=C([C@@H]2C[C@@H](O)CN2C(=O)C(c2cc(C)no2)C(C)C)CC1(C)C.COC(=N)[C@@H]1C[C@@H](O)CN1C(=O)C(c1cc(C)no1)C(C)C.COC(C)(C)OC. The molecule has 3 amide bonds. The van der Waals surface area contributed by atoms with E-state index in [-0.39, 0.29) is 80.9 Å². The smallest absolute Gasteiger partial charge is 0.234 e. The summed E-state index contributed by atoms with van der Waals surface area (Å²) >= 11 is 0. The number of nitrogens with two attached hydrogens (primary N) is 1. The van der Waals surface area contributed by atoms with E-state index in [1.807, 2.05) is 82.2 Å². The van der Waals surface area contributed by atoms with Crippen LogP contribution in [0.5, 0.6) is 0 Å². The number of hydrogen-bond donors (Lipinski definition) is 6. The molecule has 4 aliphatic rings. The average Bonchev–Trinajstić information content (AvgIpc) is 4.46. The Bertz CT molecular complexity index is 2530. The summed E-state index contributed by atoms with van der Waals surface area (Å²) < 4.78 is 30.7. The van der Waals surface area contributed by atoms with Crippen LogP contribution in [0.1, 0.15) is 176 Å². The highest BCUT2D eigenvalue weighted by molar-refractivity contribution is 5.97. The summed E-state index contributed by atoms with van der Waals surface area (Å²) in [5.41, 5.74) is 12.0. The molecule has 3 saturated heterocycles. The highest BCUT2D eigenvalue weighted by Gasteiger charge is 2.47. The number of aliphatic hydroxyl groups is 3. The maximum absolute atomic E-state index is 13.5. The summed E-state index contributed by atoms with van der Waals surface area (Å²) in [6.45, 7) is 31.5. The maximum atomic E-state index is 13.5. The summed E-state index contributed by atoms with van der Waals surface area (Å²) in [5.74, 6) is -0.0551. The third kappa shape index (κ3) is 18.5. The van der Waals surface area contributed by atoms with Gasteiger partial charge in [0.25, 0.3) is 0 Å². The summed E-state index contributed by atoms with van der Waals surface area (Å²) in [7, 11) is 4.63. The van der Waals surface area contributed by atoms with Crippen LogP contribution in [0.25, 0.3) is 0 Å². The van der Waals surface area contributed by atoms with Gasteiger partial charge in [-0.25, -0.2) is 0 Å². The van der Waals surface area contributed by atoms with Gasteiger partial charge in [0, 0.05) is 90.8 Å². The number of hydrazone groups is 2. The first kappa shape index (κ1) is 72.2. The molecule has 82 heavy (non-hydrogen) atoms. The lowest BCUT2D eigenvalue weighted by Crippen LogP contribution is -2.47. The molecule has 9 atom stereocenters. The Hall–Kier alpha value is -5.95. The van der Waals surface area contributed by atoms with Gasteiger partial charge in [-0.2, -0.15) is 10.2 Å². The highest BCUT2D eigenvalue weighted by atomic mass is 16.7. The summed E-state index contributed by atoms with van der Waals surface area (Å²) in [5, 5.41) is 60.7. The van der Waals surface area contributed by atoms with Gasteiger partial charge in [0.05, 0.1) is 65.8 Å². The van der Waals surface area contributed by atoms with Gasteiger partial charge in [-0.1, -0.05) is 71.9 Å². The van der Waals surface area contributed by atoms with E-state index < -0.39 is 53.9 Å². The number of nitrogens with zero attached hydrogens (tertiary/aromatic N) is 9. The minimum atomic E-state index is -0.645. The Morgan fingerprint density at radius 3 is 1.43 bits per heavy atom. The number of likely N-dealkylation sites (tertiary alicyclic amines) is 3. The van der Waals surface area contributed by atoms with Crippen LogP contribution in [0.4, 0.5) is 0 Å². The fourth-order valence-electron chi connectivity index (χ4n) is 10.4. The van der Waals surface area contributed by atoms with Gasteiger partial charge < -0.3 is 69.0 Å². The molecule has 4 aliphatic heterocycles. The van der Waals surface area contributed by atoms with Crippen molar-refractivity contribution in [2.45, 2.75) is 210 Å². The van der Waals surface area contributed by atoms with E-state index in [2.05, 4.69) is 51.8 Å². The van der Waals surface area contributed by atoms with Gasteiger partial charge >= 0.3 is 0 Å². The molecule has 0 radical (unpaired) electrons. The average molecular weight is 1160 g/mol. The largest absolute Gasteiger partial charge is 0.483 e. The van der Waals surface area contributed by atoms with Crippen molar-refractivity contribution in [1.82, 2.24) is 40.6 Å². The molecule has 0 spiro atoms. The van der Waals surface area contributed by atoms with Gasteiger partial charge in [-0.05, 0) is 80.1 Å². The molecule has 3 aromatic heterocycles. The second kappa shape index (κ2) is 31.6. The standard InChI is InChI=1S/C20H32N4O3.C16H27N5O3.C15H23N3O4.C5H12O2.2CH4/c1-7-24-20(5,6)10-15(21-24)16-9-14(25)11-23(16)19(26)18(12(2)3)17-8-13(4)22-27-17;1-5-18-19-15(17)12-7-11(22)8-21(12)16(23)14(9(2)3)13-6-10(4)20-24-13;1-8(2)13(12-5-9(3)17-22-12)15(20)18-7-10(19)6-11(18)14(16)21-4;1-5(2,6-3)7-4;;/h8,12,14,16,18,25H,7,9-11H2,1-6H3;6,9,11-12,14,18,22H,5,7-8H2,1-4H3,(H2,17,19);5,8,10-11,13,16,19H,6-7H2,1-4H3;1-4H3;2*1H4/t14-,16+,18?;11-,12+,14?;10-,11+,13?;;;/m111.../s1. The number of aromatic nitrogens is 3. The number of methoxy groups -OCH3 is 3. The number of rotatable bonds is 17. The summed E-state index contributed by atoms with van der Waals surface area (Å²) in [4.78, 5) is 44.5. The van der Waals surface area contributed by atoms with Crippen molar-refractivity contribution in [2.75, 3.05) is 54.1 Å². The lowest BCUT2D eigenvalue weighted by atomic mass is 9.90. The number of β-amino-alcohol motifs (C(OH)–C–C–N with tert-alkyl or cyclic N) is 3. The van der Waals surface area contributed by atoms with Crippen molar-refractivity contribution in [3.05, 3.63) is 52.6 Å². The number of aliphatic hydroxyl groups excluding tert-OH is 3. The molecule has 24 heteroatoms. The predicted molar refractivity (Wildman–Crippen MR) is 315 cm³/mol. The fourth-order valence-corrected chi connectivity index (χ4v) is 10.4. The van der Waals surface area contributed by atoms with Gasteiger partial charge in [0.1, 0.15) is 46.9 Å². The van der Waals surface area contributed by atoms with E-state index in [1.54, 1.807) is 43.1 Å². The molecule has 3 fully saturated rings. The van der Waals surface area contributed by atoms with E-state index in [9.17, 15) is 29.7 Å². The first-order valence-corrected chi connectivity index (χ1v) is 27.8. The molecule has 0 aromatic carbocycles. The molecule has 7 N–H and O–H groups in total. The van der Waals surface area contributed by atoms with E-state index in [0.717, 1.165) is 35.8 Å². The Balaban J connectivity index is 0.000000393. The van der Waals surface area contributed by atoms with Crippen molar-refractivity contribution in [1.29, 1.82) is 5.41 Å². The van der Waals surface area contributed by atoms with Gasteiger partial charge in [0.15, 0.2) is 5.79 Å². The quantitative estimate of drug-likeness (QED) is 0.0354. The van der Waals surface area contributed by atoms with Crippen molar-refractivity contribution >= 4 is 35.2 Å². The zero-order valence-corrected chi connectivity index (χ0v) is 50.6. The minimum Gasteiger partial charge on any atom is -0.483 e. The van der Waals surface area contributed by atoms with Crippen LogP contribution < -0.4 is 11.2 Å². The molecular formula is C58H102N12O12. The Kier molecular flexibility index (Phi) is 27.8. The maximum Gasteiger partial charge on any atom is 0.234 e. The van der Waals surface area contributed by atoms with Crippen LogP contribution in [0.3, 0.4) is 0 Å². The molecule has 3 aromatic rings. The molecule has 466 valence electrons. The number of aryl methyl sites for hydroxylation is 3. The molecule has 7 heterocycles. The normalized spacial score (nSPS) is 22.4. The second-order valence-corrected chi connectivity index (χ2v) is 23.2. The Morgan fingerprint density at radius 1 is 0.720 bits per heavy atom. The van der Waals surface area contributed by atoms with E-state index >= 15 is 0 Å². The number of amidine groups is 1. The number of carbonyl (C=O) groups excluding carboxylic acids is 3. The van der Waals surface area contributed by atoms with E-state index in [0.29, 0.717) is 55.5 Å². The molecular weight excluding hydrogens is 1060 g/mol. The van der Waals surface area contributed by atoms with Gasteiger partial charge in [-0.15, -0.1) is 0 Å². The highest BCUT2D eigenvalue weighted by Crippen LogP contribution is 2.37. The third-order valence-electron chi connectivity index (χ3n) is 14.8. The first-order chi connectivity index (χ1) is 37.4. The van der Waals surface area contributed by atoms with Crippen LogP contribution in [-0.2, 0) is 28.6 Å². The fraction of sp³-hybridized carbons (Fsp3) is 0.741. The lowest BCUT2D eigenvalue weighted by Gasteiger charge is -2.30. The molecule has 24 nitrogen and oxygen atoms in total. The van der Waals surface area contributed by atoms with Crippen LogP contribution in [0.15, 0.2) is 42.0 Å². The number of ether oxygens (including phenoxy) is 3. The van der Waals surface area contributed by atoms with Gasteiger partial charge in [0.2, 0.25) is 23.6 Å². The van der Waals surface area contributed by atoms with Gasteiger partial charge in [-0.3, -0.25) is 24.8 Å².